The number of rotatable bonds is 2. The predicted molar refractivity (Wildman–Crippen MR) is 49.6 cm³/mol. The number of amides is 1. The molecular formula is C8H16N2O5. The Labute approximate surface area is 86.8 Å². The van der Waals surface area contributed by atoms with Crippen molar-refractivity contribution >= 4 is 5.91 Å². The van der Waals surface area contributed by atoms with Crippen LogP contribution in [0.5, 0.6) is 0 Å². The molecule has 1 saturated heterocycles. The van der Waals surface area contributed by atoms with Gasteiger partial charge >= 0.3 is 0 Å². The van der Waals surface area contributed by atoms with Crippen LogP contribution in [-0.4, -0.2) is 58.4 Å². The average molecular weight is 220 g/mol. The summed E-state index contributed by atoms with van der Waals surface area (Å²) in [6, 6.07) is -0.875. The molecule has 15 heavy (non-hydrogen) atoms. The minimum atomic E-state index is -1.27. The Morgan fingerprint density at radius 1 is 1.47 bits per heavy atom. The zero-order valence-electron chi connectivity index (χ0n) is 8.33. The molecule has 0 aliphatic carbocycles. The molecular weight excluding hydrogens is 204 g/mol. The number of nitrogens with two attached hydrogens (primary N) is 1. The van der Waals surface area contributed by atoms with Crippen molar-refractivity contribution in [1.82, 2.24) is 5.32 Å². The number of hydrogen-bond donors (Lipinski definition) is 5. The molecule has 1 fully saturated rings. The van der Waals surface area contributed by atoms with E-state index in [1.54, 1.807) is 0 Å². The Kier molecular flexibility index (Phi) is 4.00. The van der Waals surface area contributed by atoms with E-state index in [4.69, 9.17) is 15.6 Å². The standard InChI is InChI=1S/C8H16N2O5/c1-3(12)10-5-7(14)6(13)4(2-11)15-8(5)9/h4-8,11,13-14H,2,9H2,1H3,(H,10,12). The monoisotopic (exact) mass is 220 g/mol. The van der Waals surface area contributed by atoms with E-state index in [-0.39, 0.29) is 5.91 Å². The molecule has 5 unspecified atom stereocenters. The zero-order chi connectivity index (χ0) is 11.6. The number of aliphatic hydroxyl groups is 3. The molecule has 6 N–H and O–H groups in total. The minimum Gasteiger partial charge on any atom is -0.394 e. The highest BCUT2D eigenvalue weighted by atomic mass is 16.5. The van der Waals surface area contributed by atoms with Crippen molar-refractivity contribution in [2.24, 2.45) is 5.73 Å². The Balaban J connectivity index is 2.70. The summed E-state index contributed by atoms with van der Waals surface area (Å²) >= 11 is 0. The van der Waals surface area contributed by atoms with Gasteiger partial charge in [-0.25, -0.2) is 0 Å². The fourth-order valence-electron chi connectivity index (χ4n) is 1.55. The molecule has 1 amide bonds. The molecule has 0 radical (unpaired) electrons. The lowest BCUT2D eigenvalue weighted by Gasteiger charge is -2.40. The van der Waals surface area contributed by atoms with E-state index >= 15 is 0 Å². The second-order valence-corrected chi connectivity index (χ2v) is 3.53. The van der Waals surface area contributed by atoms with Gasteiger partial charge in [-0.3, -0.25) is 4.79 Å². The molecule has 1 rings (SSSR count). The molecule has 0 saturated carbocycles. The number of hydrogen-bond acceptors (Lipinski definition) is 6. The van der Waals surface area contributed by atoms with Gasteiger partial charge in [0.1, 0.15) is 24.5 Å². The van der Waals surface area contributed by atoms with Crippen molar-refractivity contribution in [3.63, 3.8) is 0 Å². The minimum absolute atomic E-state index is 0.382. The van der Waals surface area contributed by atoms with Crippen LogP contribution in [-0.2, 0) is 9.53 Å². The van der Waals surface area contributed by atoms with Crippen molar-refractivity contribution in [2.75, 3.05) is 6.61 Å². The molecule has 0 bridgehead atoms. The molecule has 7 nitrogen and oxygen atoms in total. The third-order valence-electron chi connectivity index (χ3n) is 2.33. The predicted octanol–water partition coefficient (Wildman–Crippen LogP) is -3.11. The van der Waals surface area contributed by atoms with Crippen LogP contribution in [0.3, 0.4) is 0 Å². The highest BCUT2D eigenvalue weighted by molar-refractivity contribution is 5.73. The summed E-state index contributed by atoms with van der Waals surface area (Å²) in [6.45, 7) is 0.822. The summed E-state index contributed by atoms with van der Waals surface area (Å²) in [4.78, 5) is 10.8. The van der Waals surface area contributed by atoms with Gasteiger partial charge in [-0.2, -0.15) is 0 Å². The molecule has 0 aromatic heterocycles. The van der Waals surface area contributed by atoms with Crippen LogP contribution in [0, 0.1) is 0 Å². The maximum absolute atomic E-state index is 10.8. The van der Waals surface area contributed by atoms with Crippen LogP contribution in [0.4, 0.5) is 0 Å². The molecule has 0 aromatic carbocycles. The number of aliphatic hydroxyl groups excluding tert-OH is 3. The fourth-order valence-corrected chi connectivity index (χ4v) is 1.55. The number of ether oxygens (including phenoxy) is 1. The molecule has 0 aromatic rings. The van der Waals surface area contributed by atoms with Crippen LogP contribution in [0.25, 0.3) is 0 Å². The molecule has 7 heteroatoms. The van der Waals surface area contributed by atoms with Crippen LogP contribution >= 0.6 is 0 Å². The first-order valence-electron chi connectivity index (χ1n) is 4.62. The summed E-state index contributed by atoms with van der Waals surface area (Å²) < 4.78 is 5.03. The third-order valence-corrected chi connectivity index (χ3v) is 2.33. The van der Waals surface area contributed by atoms with Crippen LogP contribution in [0.2, 0.25) is 0 Å². The van der Waals surface area contributed by atoms with E-state index in [2.05, 4.69) is 5.32 Å². The average Bonchev–Trinajstić information content (AvgIpc) is 2.18. The molecule has 1 aliphatic heterocycles. The lowest BCUT2D eigenvalue weighted by atomic mass is 9.96. The van der Waals surface area contributed by atoms with Crippen LogP contribution in [0.1, 0.15) is 6.92 Å². The van der Waals surface area contributed by atoms with Crippen molar-refractivity contribution in [3.05, 3.63) is 0 Å². The Morgan fingerprint density at radius 3 is 2.53 bits per heavy atom. The normalized spacial score (nSPS) is 41.3. The van der Waals surface area contributed by atoms with E-state index in [1.807, 2.05) is 0 Å². The second-order valence-electron chi connectivity index (χ2n) is 3.53. The highest BCUT2D eigenvalue weighted by Crippen LogP contribution is 2.18. The van der Waals surface area contributed by atoms with Crippen molar-refractivity contribution in [3.8, 4) is 0 Å². The summed E-state index contributed by atoms with van der Waals surface area (Å²) in [5.41, 5.74) is 5.53. The second kappa shape index (κ2) is 4.86. The maximum Gasteiger partial charge on any atom is 0.217 e. The van der Waals surface area contributed by atoms with E-state index in [0.29, 0.717) is 0 Å². The van der Waals surface area contributed by atoms with Gasteiger partial charge in [0, 0.05) is 6.92 Å². The first-order chi connectivity index (χ1) is 6.97. The summed E-state index contributed by atoms with van der Waals surface area (Å²) in [7, 11) is 0. The van der Waals surface area contributed by atoms with Gasteiger partial charge in [-0.05, 0) is 0 Å². The Bertz CT molecular complexity index is 237. The molecule has 1 heterocycles. The van der Waals surface area contributed by atoms with Gasteiger partial charge < -0.3 is 31.1 Å². The van der Waals surface area contributed by atoms with Crippen LogP contribution < -0.4 is 11.1 Å². The number of nitrogens with one attached hydrogen (secondary N) is 1. The SMILES string of the molecule is CC(=O)NC1C(N)OC(CO)C(O)C1O. The van der Waals surface area contributed by atoms with E-state index < -0.39 is 37.2 Å². The molecule has 0 spiro atoms. The van der Waals surface area contributed by atoms with Gasteiger partial charge in [0.25, 0.3) is 0 Å². The third kappa shape index (κ3) is 2.64. The Morgan fingerprint density at radius 2 is 2.07 bits per heavy atom. The van der Waals surface area contributed by atoms with Crippen molar-refractivity contribution in [2.45, 2.75) is 37.5 Å². The quantitative estimate of drug-likeness (QED) is 0.335. The zero-order valence-corrected chi connectivity index (χ0v) is 8.33. The summed E-state index contributed by atoms with van der Waals surface area (Å²) in [6.07, 6.45) is -4.41. The van der Waals surface area contributed by atoms with Gasteiger partial charge in [0.15, 0.2) is 0 Å². The lowest BCUT2D eigenvalue weighted by Crippen LogP contribution is -2.66. The number of carbonyl (C=O) groups excluding carboxylic acids is 1. The van der Waals surface area contributed by atoms with Gasteiger partial charge in [0.2, 0.25) is 5.91 Å². The van der Waals surface area contributed by atoms with E-state index in [9.17, 15) is 15.0 Å². The van der Waals surface area contributed by atoms with E-state index in [0.717, 1.165) is 0 Å². The van der Waals surface area contributed by atoms with Gasteiger partial charge in [-0.1, -0.05) is 0 Å². The van der Waals surface area contributed by atoms with Crippen LogP contribution in [0.15, 0.2) is 0 Å². The maximum atomic E-state index is 10.8. The molecule has 88 valence electrons. The summed E-state index contributed by atoms with van der Waals surface area (Å²) in [5.74, 6) is -0.382. The van der Waals surface area contributed by atoms with Gasteiger partial charge in [-0.15, -0.1) is 0 Å². The lowest BCUT2D eigenvalue weighted by molar-refractivity contribution is -0.193. The highest BCUT2D eigenvalue weighted by Gasteiger charge is 2.42. The fraction of sp³-hybridized carbons (Fsp3) is 0.875. The smallest absolute Gasteiger partial charge is 0.217 e. The molecule has 5 atom stereocenters. The van der Waals surface area contributed by atoms with Crippen molar-refractivity contribution < 1.29 is 24.9 Å². The summed E-state index contributed by atoms with van der Waals surface area (Å²) in [5, 5.41) is 30.3. The first-order valence-corrected chi connectivity index (χ1v) is 4.62. The van der Waals surface area contributed by atoms with Gasteiger partial charge in [0.05, 0.1) is 12.6 Å². The van der Waals surface area contributed by atoms with E-state index in [1.165, 1.54) is 6.92 Å². The van der Waals surface area contributed by atoms with Crippen molar-refractivity contribution in [1.29, 1.82) is 0 Å². The Hall–Kier alpha value is -0.730. The topological polar surface area (TPSA) is 125 Å². The first kappa shape index (κ1) is 12.3. The largest absolute Gasteiger partial charge is 0.394 e. The number of carbonyl (C=O) groups is 1. The molecule has 1 aliphatic rings.